The highest BCUT2D eigenvalue weighted by atomic mass is 16.6. The van der Waals surface area contributed by atoms with Crippen LogP contribution in [0.3, 0.4) is 0 Å². The molecule has 26 heavy (non-hydrogen) atoms. The molecule has 2 N–H and O–H groups in total. The normalized spacial score (nSPS) is 12.0. The molecule has 0 saturated heterocycles. The number of carbonyl (C=O) groups is 2. The van der Waals surface area contributed by atoms with Crippen LogP contribution in [0.15, 0.2) is 60.7 Å². The van der Waals surface area contributed by atoms with Gasteiger partial charge >= 0.3 is 12.1 Å². The second-order valence-corrected chi connectivity index (χ2v) is 5.06. The number of benzene rings is 2. The number of nitrogens with one attached hydrogen (secondary N) is 1. The van der Waals surface area contributed by atoms with Crippen LogP contribution in [0.1, 0.15) is 31.0 Å². The van der Waals surface area contributed by atoms with E-state index in [9.17, 15) is 14.7 Å². The van der Waals surface area contributed by atoms with Crippen LogP contribution < -0.4 is 5.32 Å². The summed E-state index contributed by atoms with van der Waals surface area (Å²) >= 11 is 0. The molecule has 2 rings (SSSR count). The van der Waals surface area contributed by atoms with E-state index in [1.807, 2.05) is 44.2 Å². The van der Waals surface area contributed by atoms with Gasteiger partial charge in [0.2, 0.25) is 0 Å². The van der Waals surface area contributed by atoms with Crippen molar-refractivity contribution >= 4 is 12.1 Å². The lowest BCUT2D eigenvalue weighted by Gasteiger charge is -2.22. The van der Waals surface area contributed by atoms with E-state index in [-0.39, 0.29) is 6.61 Å². The molecule has 0 fully saturated rings. The molecule has 0 aromatic heterocycles. The molecular formula is C20H25NO5. The van der Waals surface area contributed by atoms with Gasteiger partial charge in [0.1, 0.15) is 6.61 Å². The lowest BCUT2D eigenvalue weighted by atomic mass is 10.0. The number of rotatable bonds is 6. The molecule has 0 radical (unpaired) electrons. The van der Waals surface area contributed by atoms with Crippen molar-refractivity contribution in [1.82, 2.24) is 5.32 Å². The summed E-state index contributed by atoms with van der Waals surface area (Å²) in [6, 6.07) is 16.9. The number of aliphatic hydroxyl groups is 1. The summed E-state index contributed by atoms with van der Waals surface area (Å²) in [5.41, 5.74) is 1.39. The van der Waals surface area contributed by atoms with E-state index < -0.39 is 24.2 Å². The highest BCUT2D eigenvalue weighted by Crippen LogP contribution is 2.18. The molecule has 0 aliphatic carbocycles. The zero-order valence-electron chi connectivity index (χ0n) is 15.2. The predicted molar refractivity (Wildman–Crippen MR) is 98.3 cm³/mol. The third kappa shape index (κ3) is 6.57. The molecule has 6 heteroatoms. The molecule has 0 aliphatic heterocycles. The van der Waals surface area contributed by atoms with Gasteiger partial charge in [-0.15, -0.1) is 0 Å². The fourth-order valence-electron chi connectivity index (χ4n) is 2.15. The van der Waals surface area contributed by atoms with Crippen molar-refractivity contribution in [2.75, 3.05) is 7.11 Å². The van der Waals surface area contributed by atoms with Crippen molar-refractivity contribution in [3.8, 4) is 0 Å². The van der Waals surface area contributed by atoms with Gasteiger partial charge in [0.25, 0.3) is 0 Å². The first-order valence-corrected chi connectivity index (χ1v) is 8.40. The van der Waals surface area contributed by atoms with Crippen molar-refractivity contribution in [3.05, 3.63) is 71.8 Å². The highest BCUT2D eigenvalue weighted by molar-refractivity contribution is 5.77. The Kier molecular flexibility index (Phi) is 9.49. The van der Waals surface area contributed by atoms with Crippen molar-refractivity contribution in [1.29, 1.82) is 0 Å². The van der Waals surface area contributed by atoms with Gasteiger partial charge in [-0.2, -0.15) is 0 Å². The number of ether oxygens (including phenoxy) is 2. The number of alkyl carbamates (subject to hydrolysis) is 1. The van der Waals surface area contributed by atoms with E-state index >= 15 is 0 Å². The molecule has 6 nitrogen and oxygen atoms in total. The molecule has 2 aromatic carbocycles. The summed E-state index contributed by atoms with van der Waals surface area (Å²) in [5, 5.41) is 12.6. The van der Waals surface area contributed by atoms with Crippen molar-refractivity contribution in [2.24, 2.45) is 0 Å². The van der Waals surface area contributed by atoms with Gasteiger partial charge in [0.05, 0.1) is 13.2 Å². The van der Waals surface area contributed by atoms with Crippen LogP contribution in [0.4, 0.5) is 4.79 Å². The van der Waals surface area contributed by atoms with Gasteiger partial charge in [0, 0.05) is 0 Å². The maximum atomic E-state index is 12.0. The number of aliphatic hydroxyl groups excluding tert-OH is 1. The zero-order valence-corrected chi connectivity index (χ0v) is 15.2. The first-order valence-electron chi connectivity index (χ1n) is 8.40. The molecular weight excluding hydrogens is 334 g/mol. The third-order valence-electron chi connectivity index (χ3n) is 3.40. The van der Waals surface area contributed by atoms with Crippen LogP contribution in [0.2, 0.25) is 0 Å². The summed E-state index contributed by atoms with van der Waals surface area (Å²) in [5.74, 6) is -0.841. The van der Waals surface area contributed by atoms with Crippen molar-refractivity contribution in [3.63, 3.8) is 0 Å². The Bertz CT molecular complexity index is 660. The molecule has 2 unspecified atom stereocenters. The Morgan fingerprint density at radius 2 is 1.54 bits per heavy atom. The summed E-state index contributed by atoms with van der Waals surface area (Å²) < 4.78 is 9.67. The number of esters is 1. The smallest absolute Gasteiger partial charge is 0.408 e. The topological polar surface area (TPSA) is 84.9 Å². The standard InChI is InChI=1S/C18H19NO5.C2H6/c1-23-17(21)16(20)15(14-10-6-3-7-11-14)19-18(22)24-12-13-8-4-2-5-9-13;1-2/h2-11,15-16,20H,12H2,1H3,(H,19,22);1-2H3. The fourth-order valence-corrected chi connectivity index (χ4v) is 2.15. The van der Waals surface area contributed by atoms with E-state index in [0.717, 1.165) is 5.56 Å². The Hall–Kier alpha value is -2.86. The Labute approximate surface area is 153 Å². The molecule has 0 bridgehead atoms. The van der Waals surface area contributed by atoms with E-state index in [2.05, 4.69) is 10.1 Å². The molecule has 140 valence electrons. The van der Waals surface area contributed by atoms with Crippen LogP contribution in [0, 0.1) is 0 Å². The van der Waals surface area contributed by atoms with Gasteiger partial charge in [-0.25, -0.2) is 9.59 Å². The number of methoxy groups -OCH3 is 1. The molecule has 1 amide bonds. The van der Waals surface area contributed by atoms with E-state index in [4.69, 9.17) is 4.74 Å². The molecule has 0 spiro atoms. The fraction of sp³-hybridized carbons (Fsp3) is 0.300. The average Bonchev–Trinajstić information content (AvgIpc) is 2.72. The van der Waals surface area contributed by atoms with Crippen LogP contribution in [0.5, 0.6) is 0 Å². The number of hydrogen-bond acceptors (Lipinski definition) is 5. The minimum atomic E-state index is -1.54. The second kappa shape index (κ2) is 11.7. The van der Waals surface area contributed by atoms with Crippen LogP contribution in [-0.2, 0) is 20.9 Å². The van der Waals surface area contributed by atoms with Gasteiger partial charge in [-0.3, -0.25) is 0 Å². The van der Waals surface area contributed by atoms with Crippen LogP contribution in [0.25, 0.3) is 0 Å². The van der Waals surface area contributed by atoms with E-state index in [1.54, 1.807) is 30.3 Å². The van der Waals surface area contributed by atoms with E-state index in [1.165, 1.54) is 7.11 Å². The maximum absolute atomic E-state index is 12.0. The SMILES string of the molecule is CC.COC(=O)C(O)C(NC(=O)OCc1ccccc1)c1ccccc1. The van der Waals surface area contributed by atoms with Gasteiger partial charge in [0.15, 0.2) is 6.10 Å². The highest BCUT2D eigenvalue weighted by Gasteiger charge is 2.30. The number of amides is 1. The lowest BCUT2D eigenvalue weighted by molar-refractivity contribution is -0.152. The quantitative estimate of drug-likeness (QED) is 0.774. The molecule has 0 aliphatic rings. The Balaban J connectivity index is 0.00000163. The minimum absolute atomic E-state index is 0.0858. The van der Waals surface area contributed by atoms with Crippen molar-refractivity contribution < 1.29 is 24.2 Å². The van der Waals surface area contributed by atoms with E-state index in [0.29, 0.717) is 5.56 Å². The summed E-state index contributed by atoms with van der Waals surface area (Å²) in [6.07, 6.45) is -2.28. The predicted octanol–water partition coefficient (Wildman–Crippen LogP) is 3.21. The number of hydrogen-bond donors (Lipinski definition) is 2. The largest absolute Gasteiger partial charge is 0.467 e. The lowest BCUT2D eigenvalue weighted by Crippen LogP contribution is -2.41. The average molecular weight is 359 g/mol. The Morgan fingerprint density at radius 1 is 1.00 bits per heavy atom. The summed E-state index contributed by atoms with van der Waals surface area (Å²) in [7, 11) is 1.17. The molecule has 0 saturated carbocycles. The number of carbonyl (C=O) groups excluding carboxylic acids is 2. The van der Waals surface area contributed by atoms with Crippen LogP contribution in [-0.4, -0.2) is 30.4 Å². The maximum Gasteiger partial charge on any atom is 0.408 e. The first kappa shape index (κ1) is 21.2. The molecule has 2 atom stereocenters. The zero-order chi connectivity index (χ0) is 19.4. The summed E-state index contributed by atoms with van der Waals surface area (Å²) in [6.45, 7) is 4.09. The minimum Gasteiger partial charge on any atom is -0.467 e. The van der Waals surface area contributed by atoms with Gasteiger partial charge in [-0.1, -0.05) is 74.5 Å². The van der Waals surface area contributed by atoms with Gasteiger partial charge in [-0.05, 0) is 11.1 Å². The van der Waals surface area contributed by atoms with Gasteiger partial charge < -0.3 is 19.9 Å². The monoisotopic (exact) mass is 359 g/mol. The van der Waals surface area contributed by atoms with Crippen LogP contribution >= 0.6 is 0 Å². The first-order chi connectivity index (χ1) is 12.6. The second-order valence-electron chi connectivity index (χ2n) is 5.06. The molecule has 0 heterocycles. The Morgan fingerprint density at radius 3 is 2.08 bits per heavy atom. The third-order valence-corrected chi connectivity index (χ3v) is 3.40. The summed E-state index contributed by atoms with van der Waals surface area (Å²) in [4.78, 5) is 23.6. The van der Waals surface area contributed by atoms with Crippen molar-refractivity contribution in [2.45, 2.75) is 32.6 Å². The molecule has 2 aromatic rings.